The van der Waals surface area contributed by atoms with Gasteiger partial charge in [-0.2, -0.15) is 0 Å². The second-order valence-electron chi connectivity index (χ2n) is 5.45. The second-order valence-corrected chi connectivity index (χ2v) is 6.37. The van der Waals surface area contributed by atoms with Crippen molar-refractivity contribution in [2.45, 2.75) is 18.8 Å². The molecule has 0 aromatic heterocycles. The van der Waals surface area contributed by atoms with E-state index in [-0.39, 0.29) is 17.9 Å². The van der Waals surface area contributed by atoms with Crippen molar-refractivity contribution in [3.05, 3.63) is 69.7 Å². The topological polar surface area (TPSA) is 52.6 Å². The van der Waals surface area contributed by atoms with Crippen LogP contribution in [0.25, 0.3) is 0 Å². The molecule has 0 heterocycles. The molecule has 0 spiro atoms. The van der Waals surface area contributed by atoms with Crippen LogP contribution >= 0.6 is 15.9 Å². The molecule has 2 aromatic rings. The second kappa shape index (κ2) is 8.11. The maximum atomic E-state index is 12.3. The number of hydrogen-bond acceptors (Lipinski definition) is 4. The van der Waals surface area contributed by atoms with Gasteiger partial charge in [0, 0.05) is 4.47 Å². The molecule has 0 bridgehead atoms. The molecular weight excluding hydrogens is 372 g/mol. The van der Waals surface area contributed by atoms with Crippen molar-refractivity contribution in [3.8, 4) is 0 Å². The van der Waals surface area contributed by atoms with Gasteiger partial charge in [0.1, 0.15) is 0 Å². The lowest BCUT2D eigenvalue weighted by Crippen LogP contribution is -2.20. The van der Waals surface area contributed by atoms with Crippen LogP contribution in [0.15, 0.2) is 53.0 Å². The molecule has 0 aliphatic carbocycles. The molecule has 0 aliphatic rings. The van der Waals surface area contributed by atoms with Crippen LogP contribution in [0.5, 0.6) is 0 Å². The fourth-order valence-electron chi connectivity index (χ4n) is 2.66. The first-order valence-corrected chi connectivity index (χ1v) is 8.28. The van der Waals surface area contributed by atoms with Gasteiger partial charge >= 0.3 is 11.9 Å². The highest BCUT2D eigenvalue weighted by atomic mass is 79.9. The first-order chi connectivity index (χ1) is 11.5. The summed E-state index contributed by atoms with van der Waals surface area (Å²) < 4.78 is 10.6. The van der Waals surface area contributed by atoms with Crippen molar-refractivity contribution >= 4 is 27.9 Å². The van der Waals surface area contributed by atoms with Crippen LogP contribution < -0.4 is 0 Å². The van der Waals surface area contributed by atoms with Crippen LogP contribution in [0, 0.1) is 0 Å². The van der Waals surface area contributed by atoms with Gasteiger partial charge in [0.05, 0.1) is 25.7 Å². The van der Waals surface area contributed by atoms with E-state index in [9.17, 15) is 9.59 Å². The van der Waals surface area contributed by atoms with E-state index in [1.54, 1.807) is 12.1 Å². The Morgan fingerprint density at radius 2 is 1.42 bits per heavy atom. The van der Waals surface area contributed by atoms with Crippen molar-refractivity contribution in [1.29, 1.82) is 0 Å². The predicted molar refractivity (Wildman–Crippen MR) is 95.1 cm³/mol. The minimum Gasteiger partial charge on any atom is -0.469 e. The van der Waals surface area contributed by atoms with Crippen molar-refractivity contribution in [2.75, 3.05) is 14.2 Å². The van der Waals surface area contributed by atoms with Crippen molar-refractivity contribution < 1.29 is 19.1 Å². The van der Waals surface area contributed by atoms with Gasteiger partial charge in [-0.05, 0) is 41.3 Å². The first-order valence-electron chi connectivity index (χ1n) is 7.49. The Balaban J connectivity index is 2.34. The standard InChI is InChI=1S/C19H19BrO4/c1-12(13-4-6-15(7-5-13)18(21)23-2)17(19(22)24-3)14-8-10-16(20)11-9-14/h4-12,17H,1-3H3/t12-,17+/m0/s1. The van der Waals surface area contributed by atoms with E-state index in [4.69, 9.17) is 9.47 Å². The Morgan fingerprint density at radius 1 is 0.875 bits per heavy atom. The number of carbonyl (C=O) groups is 2. The Kier molecular flexibility index (Phi) is 6.15. The van der Waals surface area contributed by atoms with E-state index < -0.39 is 5.92 Å². The summed E-state index contributed by atoms with van der Waals surface area (Å²) in [6, 6.07) is 14.7. The molecule has 0 saturated heterocycles. The highest BCUT2D eigenvalue weighted by Gasteiger charge is 2.29. The molecule has 2 aromatic carbocycles. The van der Waals surface area contributed by atoms with Crippen LogP contribution in [0.1, 0.15) is 40.2 Å². The highest BCUT2D eigenvalue weighted by Crippen LogP contribution is 2.34. The molecular formula is C19H19BrO4. The number of methoxy groups -OCH3 is 2. The SMILES string of the molecule is COC(=O)c1ccc([C@H](C)[C@@H](C(=O)OC)c2ccc(Br)cc2)cc1. The zero-order valence-electron chi connectivity index (χ0n) is 13.8. The molecule has 126 valence electrons. The zero-order valence-corrected chi connectivity index (χ0v) is 15.4. The first kappa shape index (κ1) is 18.2. The summed E-state index contributed by atoms with van der Waals surface area (Å²) in [6.07, 6.45) is 0. The Morgan fingerprint density at radius 3 is 1.92 bits per heavy atom. The van der Waals surface area contributed by atoms with E-state index in [0.717, 1.165) is 15.6 Å². The van der Waals surface area contributed by atoms with Crippen LogP contribution in [0.4, 0.5) is 0 Å². The van der Waals surface area contributed by atoms with Gasteiger partial charge in [-0.15, -0.1) is 0 Å². The average Bonchev–Trinajstić information content (AvgIpc) is 2.62. The van der Waals surface area contributed by atoms with E-state index in [2.05, 4.69) is 15.9 Å². The van der Waals surface area contributed by atoms with Gasteiger partial charge in [0.2, 0.25) is 0 Å². The summed E-state index contributed by atoms with van der Waals surface area (Å²) in [6.45, 7) is 1.97. The molecule has 0 amide bonds. The monoisotopic (exact) mass is 390 g/mol. The Labute approximate surface area is 149 Å². The number of halogens is 1. The molecule has 0 fully saturated rings. The molecule has 0 N–H and O–H groups in total. The van der Waals surface area contributed by atoms with Gasteiger partial charge in [0.25, 0.3) is 0 Å². The summed E-state index contributed by atoms with van der Waals surface area (Å²) in [7, 11) is 2.74. The normalized spacial score (nSPS) is 13.0. The number of rotatable bonds is 5. The van der Waals surface area contributed by atoms with E-state index in [1.165, 1.54) is 14.2 Å². The lowest BCUT2D eigenvalue weighted by molar-refractivity contribution is -0.143. The van der Waals surface area contributed by atoms with Gasteiger partial charge < -0.3 is 9.47 Å². The molecule has 5 heteroatoms. The molecule has 2 rings (SSSR count). The molecule has 24 heavy (non-hydrogen) atoms. The summed E-state index contributed by atoms with van der Waals surface area (Å²) in [5.74, 6) is -1.20. The quantitative estimate of drug-likeness (QED) is 0.714. The van der Waals surface area contributed by atoms with E-state index >= 15 is 0 Å². The summed E-state index contributed by atoms with van der Waals surface area (Å²) in [5, 5.41) is 0. The molecule has 4 nitrogen and oxygen atoms in total. The number of carbonyl (C=O) groups excluding carboxylic acids is 2. The van der Waals surface area contributed by atoms with Gasteiger partial charge in [-0.25, -0.2) is 4.79 Å². The average molecular weight is 391 g/mol. The third-order valence-corrected chi connectivity index (χ3v) is 4.57. The van der Waals surface area contributed by atoms with Gasteiger partial charge in [-0.3, -0.25) is 4.79 Å². The number of hydrogen-bond donors (Lipinski definition) is 0. The van der Waals surface area contributed by atoms with Crippen LogP contribution in [-0.2, 0) is 14.3 Å². The smallest absolute Gasteiger partial charge is 0.337 e. The van der Waals surface area contributed by atoms with Gasteiger partial charge in [-0.1, -0.05) is 47.1 Å². The lowest BCUT2D eigenvalue weighted by Gasteiger charge is -2.23. The Bertz CT molecular complexity index is 707. The molecule has 2 atom stereocenters. The van der Waals surface area contributed by atoms with Crippen LogP contribution in [0.3, 0.4) is 0 Å². The number of benzene rings is 2. The minimum atomic E-state index is -0.424. The fraction of sp³-hybridized carbons (Fsp3) is 0.263. The predicted octanol–water partition coefficient (Wildman–Crippen LogP) is 4.30. The molecule has 0 saturated carbocycles. The van der Waals surface area contributed by atoms with Crippen molar-refractivity contribution in [1.82, 2.24) is 0 Å². The molecule has 0 aliphatic heterocycles. The van der Waals surface area contributed by atoms with E-state index in [1.807, 2.05) is 43.3 Å². The summed E-state index contributed by atoms with van der Waals surface area (Å²) >= 11 is 3.40. The highest BCUT2D eigenvalue weighted by molar-refractivity contribution is 9.10. The van der Waals surface area contributed by atoms with Crippen molar-refractivity contribution in [2.24, 2.45) is 0 Å². The third kappa shape index (κ3) is 4.03. The zero-order chi connectivity index (χ0) is 17.7. The van der Waals surface area contributed by atoms with Crippen LogP contribution in [-0.4, -0.2) is 26.2 Å². The molecule has 0 unspecified atom stereocenters. The third-order valence-electron chi connectivity index (χ3n) is 4.04. The minimum absolute atomic E-state index is 0.106. The van der Waals surface area contributed by atoms with Crippen molar-refractivity contribution in [3.63, 3.8) is 0 Å². The molecule has 0 radical (unpaired) electrons. The summed E-state index contributed by atoms with van der Waals surface area (Å²) in [4.78, 5) is 23.9. The lowest BCUT2D eigenvalue weighted by atomic mass is 9.82. The van der Waals surface area contributed by atoms with E-state index in [0.29, 0.717) is 5.56 Å². The fourth-order valence-corrected chi connectivity index (χ4v) is 2.92. The largest absolute Gasteiger partial charge is 0.469 e. The number of ether oxygens (including phenoxy) is 2. The summed E-state index contributed by atoms with van der Waals surface area (Å²) in [5.41, 5.74) is 2.31. The Hall–Kier alpha value is -2.14. The maximum absolute atomic E-state index is 12.3. The van der Waals surface area contributed by atoms with Crippen LogP contribution in [0.2, 0.25) is 0 Å². The van der Waals surface area contributed by atoms with Gasteiger partial charge in [0.15, 0.2) is 0 Å². The maximum Gasteiger partial charge on any atom is 0.337 e. The number of esters is 2.